The molecule has 0 radical (unpaired) electrons. The zero-order chi connectivity index (χ0) is 100. The highest BCUT2D eigenvalue weighted by Gasteiger charge is 2.37. The molecule has 7 aromatic heterocycles. The summed E-state index contributed by atoms with van der Waals surface area (Å²) < 4.78 is 7.69. The number of hydrogen-bond acceptors (Lipinski definition) is 17. The van der Waals surface area contributed by atoms with Gasteiger partial charge in [-0.3, -0.25) is 47.9 Å². The summed E-state index contributed by atoms with van der Waals surface area (Å²) in [5.74, 6) is 2.98. The van der Waals surface area contributed by atoms with Gasteiger partial charge in [0.2, 0.25) is 0 Å². The minimum atomic E-state index is -0.151. The number of amides is 5. The summed E-state index contributed by atoms with van der Waals surface area (Å²) in [4.78, 5) is 161. The number of allylic oxidation sites excluding steroid dienone is 5. The van der Waals surface area contributed by atoms with E-state index in [0.29, 0.717) is 82.8 Å². The molecule has 20 rings (SSSR count). The van der Waals surface area contributed by atoms with Crippen molar-refractivity contribution < 1.29 is 24.0 Å². The van der Waals surface area contributed by atoms with Crippen LogP contribution in [-0.4, -0.2) is 246 Å². The molecule has 0 unspecified atom stereocenters. The fraction of sp³-hybridized carbons (Fsp3) is 0.491. The number of likely N-dealkylation sites (tertiary alicyclic amines) is 2. The first-order chi connectivity index (χ1) is 68.6. The average molecular weight is 1930 g/mol. The van der Waals surface area contributed by atoms with Gasteiger partial charge in [-0.15, -0.1) is 6.58 Å². The number of fused-ring (bicyclic) bond motifs is 5. The number of benzene rings is 2. The third-order valence-corrected chi connectivity index (χ3v) is 31.9. The Morgan fingerprint density at radius 1 is 0.444 bits per heavy atom. The first kappa shape index (κ1) is 102. The maximum atomic E-state index is 13.3. The van der Waals surface area contributed by atoms with E-state index in [2.05, 4.69) is 108 Å². The molecule has 0 spiro atoms. The van der Waals surface area contributed by atoms with Crippen LogP contribution in [0.1, 0.15) is 236 Å². The number of aromatic amines is 1. The lowest BCUT2D eigenvalue weighted by Crippen LogP contribution is -2.46. The van der Waals surface area contributed by atoms with Crippen molar-refractivity contribution in [2.45, 2.75) is 199 Å². The standard InChI is InChI=1S/C24H35N3O2.C24H29N3O2.C23H27N3O2.C22H31N3O2.C21H24N6O2/c1-25(24(29)22-17-26(2)23(28)21-10-6-9-20(21)22)15-19-11-13-27(14-12-19)16-18-7-4-3-5-8-18;1-4-17-7-5-8-19(15-17)27-13-11-18(12-14-27)26(3)24(29)22-16-25(2)23(28)21-10-6-9-20(21)22;1-16-7-9-18(10-8-16)26-13-11-17(12-14-26)25(3)23(28)21-15-24(2)22(27)20-6-4-5-19(20)21;1-23(14-16-10-12-25(13-11-16)17-6-3-4-7-17)22(27)20-15-24(2)21(26)19-9-5-8-18(19)20;1-3-10-27-13-17(16-4-9-23-19(16)21(27)29)20(28)25(2)15-6-11-26(12-7-15)18-5-8-22-14-24-18/h6,9,17-19H,3-5,7-8,10-16H2,1-2H3;5-9,15-16,18H,4,10-14H2,1-3H3;4-5,7-10,15,17H,6,11-14H2,1-3H3;5,8,15-17H,3-4,6-7,9-14H2,1-2H3;3-5,8-9,13-15,23H,1,6-7,10-12H2,2H3. The molecule has 5 amide bonds. The van der Waals surface area contributed by atoms with Crippen molar-refractivity contribution in [1.82, 2.24) is 72.1 Å². The molecule has 2 saturated carbocycles. The second-order valence-corrected chi connectivity index (χ2v) is 41.3. The van der Waals surface area contributed by atoms with Gasteiger partial charge in [-0.25, -0.2) is 9.97 Å². The number of nitrogens with zero attached hydrogens (tertiary/aromatic N) is 17. The normalized spacial score (nSPS) is 17.8. The van der Waals surface area contributed by atoms with Gasteiger partial charge in [-0.05, 0) is 237 Å². The Morgan fingerprint density at radius 2 is 0.866 bits per heavy atom. The van der Waals surface area contributed by atoms with Gasteiger partial charge in [0.1, 0.15) is 17.7 Å². The molecule has 0 bridgehead atoms. The molecule has 5 aliphatic heterocycles. The molecule has 0 atom stereocenters. The lowest BCUT2D eigenvalue weighted by atomic mass is 9.88. The third kappa shape index (κ3) is 23.2. The summed E-state index contributed by atoms with van der Waals surface area (Å²) in [6.45, 7) is 21.3. The molecule has 11 aliphatic rings. The van der Waals surface area contributed by atoms with Crippen LogP contribution in [0.3, 0.4) is 0 Å². The number of hydrogen-bond donors (Lipinski definition) is 1. The van der Waals surface area contributed by atoms with Crippen LogP contribution < -0.4 is 42.5 Å². The van der Waals surface area contributed by atoms with Crippen molar-refractivity contribution in [3.05, 3.63) is 283 Å². The summed E-state index contributed by atoms with van der Waals surface area (Å²) in [5, 5.41) is 0.658. The third-order valence-electron chi connectivity index (χ3n) is 31.9. The van der Waals surface area contributed by atoms with Gasteiger partial charge in [-0.2, -0.15) is 0 Å². The largest absolute Gasteiger partial charge is 0.371 e. The van der Waals surface area contributed by atoms with E-state index in [0.717, 1.165) is 160 Å². The number of pyridine rings is 5. The molecule has 752 valence electrons. The highest BCUT2D eigenvalue weighted by Crippen LogP contribution is 2.35. The van der Waals surface area contributed by atoms with Crippen molar-refractivity contribution >= 4 is 81.9 Å². The lowest BCUT2D eigenvalue weighted by molar-refractivity contribution is 0.0700. The fourth-order valence-corrected chi connectivity index (χ4v) is 23.3. The van der Waals surface area contributed by atoms with E-state index in [1.54, 1.807) is 99.2 Å². The van der Waals surface area contributed by atoms with Gasteiger partial charge >= 0.3 is 0 Å². The quantitative estimate of drug-likeness (QED) is 0.0655. The highest BCUT2D eigenvalue weighted by atomic mass is 16.2. The molecule has 1 N–H and O–H groups in total. The van der Waals surface area contributed by atoms with Gasteiger partial charge in [0.05, 0.1) is 27.8 Å². The number of aromatic nitrogens is 8. The van der Waals surface area contributed by atoms with Crippen molar-refractivity contribution in [2.75, 3.05) is 135 Å². The second kappa shape index (κ2) is 46.5. The molecule has 142 heavy (non-hydrogen) atoms. The number of piperidine rings is 5. The van der Waals surface area contributed by atoms with E-state index >= 15 is 0 Å². The van der Waals surface area contributed by atoms with Crippen LogP contribution in [-0.2, 0) is 66.8 Å². The Labute approximate surface area is 835 Å². The molecule has 7 fully saturated rings. The van der Waals surface area contributed by atoms with Crippen LogP contribution in [0.2, 0.25) is 0 Å². The highest BCUT2D eigenvalue weighted by molar-refractivity contribution is 6.06. The van der Waals surface area contributed by atoms with Gasteiger partial charge in [0.15, 0.2) is 0 Å². The lowest BCUT2D eigenvalue weighted by Gasteiger charge is -2.38. The molecule has 28 heteroatoms. The van der Waals surface area contributed by atoms with E-state index < -0.39 is 0 Å². The number of anilines is 3. The number of nitrogens with one attached hydrogen (secondary N) is 1. The van der Waals surface area contributed by atoms with Gasteiger partial charge in [0, 0.05) is 235 Å². The maximum absolute atomic E-state index is 13.3. The molecule has 28 nitrogen and oxygen atoms in total. The fourth-order valence-electron chi connectivity index (χ4n) is 23.3. The Bertz CT molecular complexity index is 6500. The zero-order valence-electron chi connectivity index (χ0n) is 85.4. The van der Waals surface area contributed by atoms with E-state index in [1.165, 1.54) is 152 Å². The van der Waals surface area contributed by atoms with Crippen LogP contribution in [0.15, 0.2) is 171 Å². The van der Waals surface area contributed by atoms with E-state index in [4.69, 9.17) is 0 Å². The summed E-state index contributed by atoms with van der Waals surface area (Å²) in [6, 6.07) is 22.4. The molecular weight excluding hydrogens is 1780 g/mol. The van der Waals surface area contributed by atoms with Crippen molar-refractivity contribution in [1.29, 1.82) is 0 Å². The van der Waals surface area contributed by atoms with Crippen LogP contribution in [0.25, 0.3) is 35.2 Å². The number of rotatable bonds is 21. The Balaban J connectivity index is 0.000000128. The predicted molar refractivity (Wildman–Crippen MR) is 568 cm³/mol. The Hall–Kier alpha value is -12.8. The number of carbonyl (C=O) groups is 5. The van der Waals surface area contributed by atoms with Crippen LogP contribution in [0.5, 0.6) is 0 Å². The van der Waals surface area contributed by atoms with Crippen LogP contribution >= 0.6 is 0 Å². The summed E-state index contributed by atoms with van der Waals surface area (Å²) >= 11 is 0. The summed E-state index contributed by atoms with van der Waals surface area (Å²) in [5.41, 5.74) is 14.8. The van der Waals surface area contributed by atoms with Gasteiger partial charge < -0.3 is 76.8 Å². The molecule has 9 aromatic rings. The van der Waals surface area contributed by atoms with Crippen molar-refractivity contribution in [3.8, 4) is 0 Å². The first-order valence-electron chi connectivity index (χ1n) is 51.9. The average Bonchev–Trinajstić information content (AvgIpc) is 1.56. The molecule has 12 heterocycles. The molecule has 2 aromatic carbocycles. The smallest absolute Gasteiger partial charge is 0.275 e. The van der Waals surface area contributed by atoms with Crippen LogP contribution in [0.4, 0.5) is 17.2 Å². The minimum absolute atomic E-state index is 0.00665. The number of aryl methyl sites for hydroxylation is 6. The van der Waals surface area contributed by atoms with Crippen LogP contribution in [0, 0.1) is 24.7 Å². The maximum Gasteiger partial charge on any atom is 0.275 e. The minimum Gasteiger partial charge on any atom is -0.371 e. The number of H-pyrrole nitrogens is 1. The first-order valence-corrected chi connectivity index (χ1v) is 51.9. The van der Waals surface area contributed by atoms with Gasteiger partial charge in [-0.1, -0.05) is 124 Å². The van der Waals surface area contributed by atoms with Crippen molar-refractivity contribution in [2.24, 2.45) is 45.9 Å². The predicted octanol–water partition coefficient (Wildman–Crippen LogP) is 14.3. The molecular formula is C114H146N18O10. The SMILES string of the molecule is C=CCn1cc(C(=O)N(C)C2CCN(c3ccncn3)CC2)c2cc[nH]c2c1=O.CCc1cccc(N2CCC(N(C)C(=O)c3cn(C)c(=O)c4c3C=CC4)CC2)c1.CN(CC1CCN(C2CCCC2)CC1)C(=O)c1cn(C)c(=O)c2c1C=CC2.CN(CC1CCN(CC2CCCCC2)CC1)C(=O)c1cn(C)c(=O)c2c1C=CC2.Cc1ccc(N2CCC(N(C)C(=O)c3cn(C)c(=O)c4c3C=CC4)CC2)cc1. The Morgan fingerprint density at radius 3 is 1.30 bits per heavy atom. The summed E-state index contributed by atoms with van der Waals surface area (Å²) in [7, 11) is 16.4. The second-order valence-electron chi connectivity index (χ2n) is 41.3. The Kier molecular flexibility index (Phi) is 33.4. The number of carbonyl (C=O) groups excluding carboxylic acids is 5. The molecule has 5 saturated heterocycles. The van der Waals surface area contributed by atoms with Gasteiger partial charge in [0.25, 0.3) is 57.3 Å². The summed E-state index contributed by atoms with van der Waals surface area (Å²) in [6.07, 6.45) is 57.0. The van der Waals surface area contributed by atoms with E-state index in [-0.39, 0.29) is 75.5 Å². The topological polar surface area (TPSA) is 269 Å². The van der Waals surface area contributed by atoms with E-state index in [9.17, 15) is 47.9 Å². The van der Waals surface area contributed by atoms with Crippen molar-refractivity contribution in [3.63, 3.8) is 0 Å². The van der Waals surface area contributed by atoms with E-state index in [1.807, 2.05) is 114 Å². The molecule has 6 aliphatic carbocycles. The zero-order valence-corrected chi connectivity index (χ0v) is 85.4. The monoisotopic (exact) mass is 1930 g/mol.